The molecule has 6 heteroatoms. The molecule has 2 heterocycles. The smallest absolute Gasteiger partial charge is 0.277 e. The molecule has 0 bridgehead atoms. The van der Waals surface area contributed by atoms with E-state index in [9.17, 15) is 4.79 Å². The molecule has 1 atom stereocenters. The largest absolute Gasteiger partial charge is 0.382 e. The number of benzene rings is 1. The number of hydrogen-bond acceptors (Lipinski definition) is 5. The molecule has 0 aliphatic carbocycles. The average Bonchev–Trinajstić information content (AvgIpc) is 2.39. The van der Waals surface area contributed by atoms with Gasteiger partial charge in [-0.05, 0) is 5.56 Å². The summed E-state index contributed by atoms with van der Waals surface area (Å²) in [4.78, 5) is 27.8. The molecule has 3 rings (SSSR count). The zero-order valence-corrected chi connectivity index (χ0v) is 9.32. The van der Waals surface area contributed by atoms with E-state index >= 15 is 0 Å². The van der Waals surface area contributed by atoms with E-state index in [2.05, 4.69) is 20.0 Å². The number of amides is 1. The number of carbonyl (C=O) groups is 1. The molecule has 2 aromatic rings. The normalized spacial score (nSPS) is 17.6. The quantitative estimate of drug-likeness (QED) is 0.731. The summed E-state index contributed by atoms with van der Waals surface area (Å²) in [5.74, 6) is -0.107. The number of hydrogen-bond donors (Lipinski definition) is 1. The van der Waals surface area contributed by atoms with Gasteiger partial charge in [0.2, 0.25) is 0 Å². The van der Waals surface area contributed by atoms with Crippen LogP contribution in [0.2, 0.25) is 0 Å². The summed E-state index contributed by atoms with van der Waals surface area (Å²) < 4.78 is 0. The Morgan fingerprint density at radius 2 is 1.89 bits per heavy atom. The fraction of sp³-hybridized carbons (Fsp3) is 0.0833. The molecule has 0 saturated heterocycles. The highest BCUT2D eigenvalue weighted by Crippen LogP contribution is 2.18. The van der Waals surface area contributed by atoms with Gasteiger partial charge in [-0.15, -0.1) is 0 Å². The molecule has 1 aromatic heterocycles. The first-order chi connectivity index (χ1) is 8.75. The average molecular weight is 239 g/mol. The standard InChI is InChI=1S/C12H9N5O/c13-10-9-11(15-6-14-10)17-12(18)8(16-9)7-4-2-1-3-5-7/h1-6,8H,(H2,13,14,15,17,18). The van der Waals surface area contributed by atoms with E-state index in [4.69, 9.17) is 5.73 Å². The van der Waals surface area contributed by atoms with Crippen molar-refractivity contribution in [3.63, 3.8) is 0 Å². The van der Waals surface area contributed by atoms with Gasteiger partial charge in [-0.2, -0.15) is 4.99 Å². The fourth-order valence-corrected chi connectivity index (χ4v) is 1.79. The Kier molecular flexibility index (Phi) is 2.33. The molecule has 0 saturated carbocycles. The molecule has 1 aromatic carbocycles. The zero-order valence-electron chi connectivity index (χ0n) is 9.32. The van der Waals surface area contributed by atoms with E-state index in [0.717, 1.165) is 5.56 Å². The van der Waals surface area contributed by atoms with Crippen LogP contribution in [0.15, 0.2) is 46.6 Å². The van der Waals surface area contributed by atoms with Crippen LogP contribution in [-0.2, 0) is 4.79 Å². The first kappa shape index (κ1) is 10.5. The molecule has 88 valence electrons. The molecule has 0 spiro atoms. The maximum Gasteiger partial charge on any atom is 0.277 e. The van der Waals surface area contributed by atoms with E-state index in [1.807, 2.05) is 30.3 Å². The maximum atomic E-state index is 11.9. The molecule has 1 unspecified atom stereocenters. The minimum atomic E-state index is -0.660. The number of anilines is 1. The van der Waals surface area contributed by atoms with Gasteiger partial charge in [0.05, 0.1) is 0 Å². The predicted octanol–water partition coefficient (Wildman–Crippen LogP) is -0.421. The van der Waals surface area contributed by atoms with Crippen LogP contribution in [0.1, 0.15) is 11.6 Å². The first-order valence-corrected chi connectivity index (χ1v) is 5.37. The minimum absolute atomic E-state index is 0.234. The van der Waals surface area contributed by atoms with Crippen LogP contribution in [0.5, 0.6) is 0 Å². The van der Waals surface area contributed by atoms with Gasteiger partial charge >= 0.3 is 0 Å². The lowest BCUT2D eigenvalue weighted by Crippen LogP contribution is -2.38. The molecule has 1 aliphatic heterocycles. The third-order valence-electron chi connectivity index (χ3n) is 2.65. The summed E-state index contributed by atoms with van der Waals surface area (Å²) in [6, 6.07) is 8.56. The highest BCUT2D eigenvalue weighted by molar-refractivity contribution is 5.84. The Hall–Kier alpha value is -2.63. The summed E-state index contributed by atoms with van der Waals surface area (Å²) in [5.41, 5.74) is 6.72. The summed E-state index contributed by atoms with van der Waals surface area (Å²) in [7, 11) is 0. The van der Waals surface area contributed by atoms with Crippen LogP contribution < -0.4 is 16.6 Å². The van der Waals surface area contributed by atoms with Gasteiger partial charge in [0.15, 0.2) is 17.3 Å². The number of aromatic nitrogens is 2. The predicted molar refractivity (Wildman–Crippen MR) is 62.9 cm³/mol. The molecule has 18 heavy (non-hydrogen) atoms. The van der Waals surface area contributed by atoms with Gasteiger partial charge in [0.1, 0.15) is 11.7 Å². The second-order valence-corrected chi connectivity index (χ2v) is 3.82. The topological polar surface area (TPSA) is 93.6 Å². The Labute approximate surface area is 102 Å². The van der Waals surface area contributed by atoms with Crippen molar-refractivity contribution in [1.29, 1.82) is 0 Å². The van der Waals surface area contributed by atoms with Gasteiger partial charge in [0, 0.05) is 0 Å². The zero-order chi connectivity index (χ0) is 12.5. The van der Waals surface area contributed by atoms with Crippen molar-refractivity contribution in [3.05, 3.63) is 53.1 Å². The van der Waals surface area contributed by atoms with Crippen molar-refractivity contribution in [2.24, 2.45) is 9.98 Å². The monoisotopic (exact) mass is 239 g/mol. The molecule has 6 nitrogen and oxygen atoms in total. The molecule has 1 aliphatic rings. The number of nitrogens with two attached hydrogens (primary N) is 1. The first-order valence-electron chi connectivity index (χ1n) is 5.37. The fourth-order valence-electron chi connectivity index (χ4n) is 1.79. The van der Waals surface area contributed by atoms with E-state index < -0.39 is 6.04 Å². The SMILES string of the molecule is Nc1ncnc2c1=NC(c1ccccc1)C(=O)N=2. The second kappa shape index (κ2) is 3.99. The summed E-state index contributed by atoms with van der Waals surface area (Å²) in [5, 5.41) is 0.381. The van der Waals surface area contributed by atoms with Crippen LogP contribution >= 0.6 is 0 Å². The van der Waals surface area contributed by atoms with Crippen molar-refractivity contribution in [1.82, 2.24) is 9.97 Å². The molecule has 0 radical (unpaired) electrons. The summed E-state index contributed by atoms with van der Waals surface area (Å²) in [6.45, 7) is 0. The lowest BCUT2D eigenvalue weighted by Gasteiger charge is -2.11. The Bertz CT molecular complexity index is 726. The second-order valence-electron chi connectivity index (χ2n) is 3.82. The Balaban J connectivity index is 2.22. The number of carbonyl (C=O) groups excluding carboxylic acids is 1. The third kappa shape index (κ3) is 1.64. The van der Waals surface area contributed by atoms with Gasteiger partial charge in [0.25, 0.3) is 5.91 Å². The molecular weight excluding hydrogens is 230 g/mol. The lowest BCUT2D eigenvalue weighted by molar-refractivity contribution is -0.119. The summed E-state index contributed by atoms with van der Waals surface area (Å²) >= 11 is 0. The van der Waals surface area contributed by atoms with Gasteiger partial charge < -0.3 is 5.73 Å². The number of rotatable bonds is 1. The van der Waals surface area contributed by atoms with E-state index in [0.29, 0.717) is 5.36 Å². The minimum Gasteiger partial charge on any atom is -0.382 e. The van der Waals surface area contributed by atoms with Crippen LogP contribution in [0.25, 0.3) is 0 Å². The van der Waals surface area contributed by atoms with E-state index in [-0.39, 0.29) is 17.2 Å². The van der Waals surface area contributed by atoms with E-state index in [1.54, 1.807) is 0 Å². The van der Waals surface area contributed by atoms with Crippen molar-refractivity contribution in [3.8, 4) is 0 Å². The van der Waals surface area contributed by atoms with Gasteiger partial charge in [-0.1, -0.05) is 30.3 Å². The lowest BCUT2D eigenvalue weighted by atomic mass is 10.1. The van der Waals surface area contributed by atoms with Crippen molar-refractivity contribution >= 4 is 11.7 Å². The molecular formula is C12H9N5O. The van der Waals surface area contributed by atoms with Crippen molar-refractivity contribution in [2.75, 3.05) is 5.73 Å². The van der Waals surface area contributed by atoms with Crippen LogP contribution in [0.4, 0.5) is 5.82 Å². The highest BCUT2D eigenvalue weighted by atomic mass is 16.1. The van der Waals surface area contributed by atoms with Crippen LogP contribution in [0.3, 0.4) is 0 Å². The third-order valence-corrected chi connectivity index (χ3v) is 2.65. The van der Waals surface area contributed by atoms with Gasteiger partial charge in [-0.3, -0.25) is 9.79 Å². The summed E-state index contributed by atoms with van der Waals surface area (Å²) in [6.07, 6.45) is 1.27. The Morgan fingerprint density at radius 1 is 1.11 bits per heavy atom. The maximum absolute atomic E-state index is 11.9. The molecule has 0 fully saturated rings. The van der Waals surface area contributed by atoms with E-state index in [1.165, 1.54) is 6.33 Å². The highest BCUT2D eigenvalue weighted by Gasteiger charge is 2.22. The molecule has 2 N–H and O–H groups in total. The number of nitrogen functional groups attached to an aromatic ring is 1. The number of nitrogens with zero attached hydrogens (tertiary/aromatic N) is 4. The Morgan fingerprint density at radius 3 is 2.67 bits per heavy atom. The number of fused-ring (bicyclic) bond motifs is 1. The van der Waals surface area contributed by atoms with Gasteiger partial charge in [-0.25, -0.2) is 9.97 Å². The molecule has 1 amide bonds. The van der Waals surface area contributed by atoms with Crippen molar-refractivity contribution in [2.45, 2.75) is 6.04 Å². The van der Waals surface area contributed by atoms with Crippen LogP contribution in [0, 0.1) is 0 Å². The van der Waals surface area contributed by atoms with Crippen molar-refractivity contribution < 1.29 is 4.79 Å². The van der Waals surface area contributed by atoms with Crippen LogP contribution in [-0.4, -0.2) is 15.9 Å².